The Kier molecular flexibility index (Phi) is 3.81. The second-order valence-electron chi connectivity index (χ2n) is 5.73. The van der Waals surface area contributed by atoms with Crippen LogP contribution < -0.4 is 4.18 Å². The Hall–Kier alpha value is -3.14. The molecule has 2 heterocycles. The fourth-order valence-electron chi connectivity index (χ4n) is 2.57. The van der Waals surface area contributed by atoms with Gasteiger partial charge in [-0.05, 0) is 36.4 Å². The first-order chi connectivity index (χ1) is 12.7. The van der Waals surface area contributed by atoms with E-state index in [1.807, 2.05) is 0 Å². The maximum atomic E-state index is 12.9. The van der Waals surface area contributed by atoms with Crippen LogP contribution in [0, 0.1) is 0 Å². The number of rotatable bonds is 2. The van der Waals surface area contributed by atoms with Gasteiger partial charge in [0.15, 0.2) is 0 Å². The number of hydrogen-bond acceptors (Lipinski definition) is 5. The highest BCUT2D eigenvalue weighted by atomic mass is 32.2. The molecule has 0 amide bonds. The van der Waals surface area contributed by atoms with Crippen molar-refractivity contribution in [3.63, 3.8) is 0 Å². The van der Waals surface area contributed by atoms with Gasteiger partial charge in [-0.25, -0.2) is 4.68 Å². The summed E-state index contributed by atoms with van der Waals surface area (Å²) in [6, 6.07) is 9.47. The van der Waals surface area contributed by atoms with Gasteiger partial charge in [0.2, 0.25) is 0 Å². The summed E-state index contributed by atoms with van der Waals surface area (Å²) >= 11 is 0. The lowest BCUT2D eigenvalue weighted by molar-refractivity contribution is -0.137. The van der Waals surface area contributed by atoms with Crippen molar-refractivity contribution in [3.8, 4) is 22.7 Å². The highest BCUT2D eigenvalue weighted by Gasteiger charge is 2.30. The first-order valence-corrected chi connectivity index (χ1v) is 9.05. The van der Waals surface area contributed by atoms with Gasteiger partial charge in [-0.15, -0.1) is 5.10 Å². The van der Waals surface area contributed by atoms with Gasteiger partial charge in [0.25, 0.3) is 0 Å². The van der Waals surface area contributed by atoms with E-state index in [1.54, 1.807) is 12.1 Å². The monoisotopic (exact) mass is 393 g/mol. The Bertz CT molecular complexity index is 1170. The SMILES string of the molecule is O=S1(=O)C=Cc2cc(-n3cc(-c4cccc(C(F)(F)F)c4)nn3)ccc2O1. The molecule has 1 aliphatic heterocycles. The van der Waals surface area contributed by atoms with Crippen LogP contribution >= 0.6 is 0 Å². The molecule has 4 rings (SSSR count). The van der Waals surface area contributed by atoms with Crippen LogP contribution in [0.15, 0.2) is 54.1 Å². The van der Waals surface area contributed by atoms with Crippen molar-refractivity contribution in [2.45, 2.75) is 6.18 Å². The molecule has 0 unspecified atom stereocenters. The summed E-state index contributed by atoms with van der Waals surface area (Å²) in [4.78, 5) is 0. The van der Waals surface area contributed by atoms with E-state index in [0.717, 1.165) is 17.5 Å². The van der Waals surface area contributed by atoms with Crippen LogP contribution in [0.25, 0.3) is 23.0 Å². The van der Waals surface area contributed by atoms with Crippen LogP contribution in [0.4, 0.5) is 13.2 Å². The third kappa shape index (κ3) is 3.43. The van der Waals surface area contributed by atoms with E-state index in [0.29, 0.717) is 11.3 Å². The molecule has 27 heavy (non-hydrogen) atoms. The number of nitrogens with zero attached hydrogens (tertiary/aromatic N) is 3. The molecular weight excluding hydrogens is 383 g/mol. The lowest BCUT2D eigenvalue weighted by atomic mass is 10.1. The van der Waals surface area contributed by atoms with Crippen LogP contribution in [0.2, 0.25) is 0 Å². The Morgan fingerprint density at radius 3 is 2.67 bits per heavy atom. The third-order valence-electron chi connectivity index (χ3n) is 3.86. The van der Waals surface area contributed by atoms with Crippen molar-refractivity contribution in [1.82, 2.24) is 15.0 Å². The maximum Gasteiger partial charge on any atom is 0.416 e. The summed E-state index contributed by atoms with van der Waals surface area (Å²) in [6.45, 7) is 0. The standard InChI is InChI=1S/C17H10F3N3O3S/c18-17(19,20)13-3-1-2-11(8-13)15-10-23(22-21-15)14-4-5-16-12(9-14)6-7-27(24,25)26-16/h1-10H. The summed E-state index contributed by atoms with van der Waals surface area (Å²) in [6.07, 6.45) is -1.57. The third-order valence-corrected chi connectivity index (χ3v) is 4.74. The molecule has 3 aromatic rings. The molecule has 10 heteroatoms. The van der Waals surface area contributed by atoms with Gasteiger partial charge in [0.05, 0.1) is 22.9 Å². The van der Waals surface area contributed by atoms with Crippen molar-refractivity contribution in [1.29, 1.82) is 0 Å². The Labute approximate surface area is 151 Å². The van der Waals surface area contributed by atoms with Gasteiger partial charge in [0, 0.05) is 11.1 Å². The quantitative estimate of drug-likeness (QED) is 0.622. The molecule has 0 spiro atoms. The van der Waals surface area contributed by atoms with Crippen molar-refractivity contribution in [3.05, 3.63) is 65.2 Å². The molecule has 0 saturated carbocycles. The Balaban J connectivity index is 1.68. The lowest BCUT2D eigenvalue weighted by Crippen LogP contribution is -2.09. The molecule has 0 saturated heterocycles. The number of fused-ring (bicyclic) bond motifs is 1. The predicted molar refractivity (Wildman–Crippen MR) is 90.4 cm³/mol. The smallest absolute Gasteiger partial charge is 0.379 e. The number of hydrogen-bond donors (Lipinski definition) is 0. The van der Waals surface area contributed by atoms with E-state index in [4.69, 9.17) is 4.18 Å². The van der Waals surface area contributed by atoms with E-state index >= 15 is 0 Å². The molecule has 0 fully saturated rings. The number of benzene rings is 2. The van der Waals surface area contributed by atoms with Gasteiger partial charge < -0.3 is 4.18 Å². The molecule has 0 radical (unpaired) electrons. The summed E-state index contributed by atoms with van der Waals surface area (Å²) in [7, 11) is -3.73. The van der Waals surface area contributed by atoms with Gasteiger partial charge >= 0.3 is 16.3 Å². The molecule has 1 aromatic heterocycles. The van der Waals surface area contributed by atoms with Crippen LogP contribution in [0.5, 0.6) is 5.75 Å². The van der Waals surface area contributed by atoms with Crippen molar-refractivity contribution < 1.29 is 25.8 Å². The maximum absolute atomic E-state index is 12.9. The van der Waals surface area contributed by atoms with Crippen LogP contribution in [0.3, 0.4) is 0 Å². The molecule has 0 aliphatic carbocycles. The van der Waals surface area contributed by atoms with Crippen LogP contribution in [-0.2, 0) is 16.3 Å². The van der Waals surface area contributed by atoms with Gasteiger partial charge in [-0.1, -0.05) is 17.3 Å². The molecule has 0 N–H and O–H groups in total. The van der Waals surface area contributed by atoms with Crippen LogP contribution in [-0.4, -0.2) is 23.4 Å². The van der Waals surface area contributed by atoms with Crippen LogP contribution in [0.1, 0.15) is 11.1 Å². The molecule has 6 nitrogen and oxygen atoms in total. The topological polar surface area (TPSA) is 74.1 Å². The van der Waals surface area contributed by atoms with E-state index < -0.39 is 21.9 Å². The Morgan fingerprint density at radius 2 is 1.89 bits per heavy atom. The highest BCUT2D eigenvalue weighted by Crippen LogP contribution is 2.32. The molecular formula is C17H10F3N3O3S. The second-order valence-corrected chi connectivity index (χ2v) is 7.15. The van der Waals surface area contributed by atoms with Gasteiger partial charge in [0.1, 0.15) is 11.4 Å². The molecule has 0 bridgehead atoms. The van der Waals surface area contributed by atoms with Crippen molar-refractivity contribution in [2.75, 3.05) is 0 Å². The number of alkyl halides is 3. The average molecular weight is 393 g/mol. The first kappa shape index (κ1) is 17.3. The Morgan fingerprint density at radius 1 is 1.07 bits per heavy atom. The van der Waals surface area contributed by atoms with Gasteiger partial charge in [-0.2, -0.15) is 21.6 Å². The molecule has 138 valence electrons. The number of halogens is 3. The van der Waals surface area contributed by atoms with Crippen molar-refractivity contribution in [2.24, 2.45) is 0 Å². The molecule has 0 atom stereocenters. The van der Waals surface area contributed by atoms with Crippen molar-refractivity contribution >= 4 is 16.2 Å². The summed E-state index contributed by atoms with van der Waals surface area (Å²) in [5.74, 6) is 0.180. The minimum absolute atomic E-state index is 0.180. The van der Waals surface area contributed by atoms with E-state index in [-0.39, 0.29) is 17.0 Å². The minimum atomic E-state index is -4.45. The lowest BCUT2D eigenvalue weighted by Gasteiger charge is -2.12. The first-order valence-electron chi connectivity index (χ1n) is 7.58. The van der Waals surface area contributed by atoms with Gasteiger partial charge in [-0.3, -0.25) is 0 Å². The summed E-state index contributed by atoms with van der Waals surface area (Å²) in [5.41, 5.74) is 0.855. The molecule has 2 aromatic carbocycles. The fraction of sp³-hybridized carbons (Fsp3) is 0.0588. The van der Waals surface area contributed by atoms with E-state index in [1.165, 1.54) is 35.2 Å². The summed E-state index contributed by atoms with van der Waals surface area (Å²) < 4.78 is 67.7. The van der Waals surface area contributed by atoms with E-state index in [2.05, 4.69) is 10.3 Å². The zero-order valence-corrected chi connectivity index (χ0v) is 14.2. The zero-order valence-electron chi connectivity index (χ0n) is 13.4. The fourth-order valence-corrected chi connectivity index (χ4v) is 3.34. The average Bonchev–Trinajstić information content (AvgIpc) is 3.10. The minimum Gasteiger partial charge on any atom is -0.379 e. The summed E-state index contributed by atoms with van der Waals surface area (Å²) in [5, 5.41) is 8.80. The second kappa shape index (κ2) is 5.95. The number of aromatic nitrogens is 3. The highest BCUT2D eigenvalue weighted by molar-refractivity contribution is 7.90. The molecule has 1 aliphatic rings. The van der Waals surface area contributed by atoms with E-state index in [9.17, 15) is 21.6 Å². The predicted octanol–water partition coefficient (Wildman–Crippen LogP) is 3.65. The zero-order chi connectivity index (χ0) is 19.2. The largest absolute Gasteiger partial charge is 0.416 e. The normalized spacial score (nSPS) is 15.2.